The van der Waals surface area contributed by atoms with Gasteiger partial charge in [-0.2, -0.15) is 5.10 Å². The molecule has 86 valence electrons. The molecule has 0 unspecified atom stereocenters. The highest BCUT2D eigenvalue weighted by Gasteiger charge is 2.44. The number of nitrogens with zero attached hydrogens (tertiary/aromatic N) is 3. The number of H-pyrrole nitrogens is 1. The van der Waals surface area contributed by atoms with Crippen molar-refractivity contribution in [3.05, 3.63) is 30.2 Å². The molecular weight excluding hydrogens is 204 g/mol. The summed E-state index contributed by atoms with van der Waals surface area (Å²) in [6, 6.07) is 1.97. The molecular formula is C11H16N4O. The zero-order valence-electron chi connectivity index (χ0n) is 9.98. The van der Waals surface area contributed by atoms with Crippen LogP contribution in [0.2, 0.25) is 0 Å². The third kappa shape index (κ3) is 1.43. The van der Waals surface area contributed by atoms with E-state index in [-0.39, 0.29) is 10.8 Å². The number of aromatic nitrogens is 4. The van der Waals surface area contributed by atoms with Crippen molar-refractivity contribution >= 4 is 0 Å². The smallest absolute Gasteiger partial charge is 0.222 e. The lowest BCUT2D eigenvalue weighted by Crippen LogP contribution is -2.41. The molecule has 2 aromatic heterocycles. The van der Waals surface area contributed by atoms with Crippen molar-refractivity contribution in [2.75, 3.05) is 0 Å². The molecule has 1 N–H and O–H groups in total. The highest BCUT2D eigenvalue weighted by molar-refractivity contribution is 5.23. The maximum Gasteiger partial charge on any atom is 0.222 e. The predicted molar refractivity (Wildman–Crippen MR) is 58.9 cm³/mol. The van der Waals surface area contributed by atoms with Crippen LogP contribution in [-0.4, -0.2) is 20.4 Å². The lowest BCUT2D eigenvalue weighted by atomic mass is 9.66. The van der Waals surface area contributed by atoms with Gasteiger partial charge >= 0.3 is 0 Å². The molecule has 2 aromatic rings. The first kappa shape index (κ1) is 10.9. The van der Waals surface area contributed by atoms with Gasteiger partial charge in [-0.3, -0.25) is 5.10 Å². The molecule has 2 rings (SSSR count). The minimum absolute atomic E-state index is 0.171. The lowest BCUT2D eigenvalue weighted by molar-refractivity contribution is 0.237. The highest BCUT2D eigenvalue weighted by Crippen LogP contribution is 2.41. The van der Waals surface area contributed by atoms with Crippen LogP contribution in [0.25, 0.3) is 0 Å². The van der Waals surface area contributed by atoms with Gasteiger partial charge in [0.05, 0.1) is 5.41 Å². The molecule has 0 saturated carbocycles. The van der Waals surface area contributed by atoms with Gasteiger partial charge in [0, 0.05) is 17.3 Å². The monoisotopic (exact) mass is 220 g/mol. The standard InChI is InChI=1S/C11H16N4O/c1-10(2,8-5-6-12-14-8)11(3,4)9-15-13-7-16-9/h5-7H,1-4H3,(H,12,14). The van der Waals surface area contributed by atoms with E-state index in [1.54, 1.807) is 6.20 Å². The van der Waals surface area contributed by atoms with Gasteiger partial charge < -0.3 is 4.42 Å². The Morgan fingerprint density at radius 1 is 1.19 bits per heavy atom. The zero-order chi connectivity index (χ0) is 11.8. The van der Waals surface area contributed by atoms with Crippen LogP contribution in [0.3, 0.4) is 0 Å². The summed E-state index contributed by atoms with van der Waals surface area (Å²) in [7, 11) is 0. The molecule has 0 spiro atoms. The fourth-order valence-electron chi connectivity index (χ4n) is 1.65. The summed E-state index contributed by atoms with van der Waals surface area (Å²) in [5.74, 6) is 0.632. The van der Waals surface area contributed by atoms with Crippen LogP contribution < -0.4 is 0 Å². The minimum atomic E-state index is -0.268. The Bertz CT molecular complexity index is 398. The van der Waals surface area contributed by atoms with Crippen molar-refractivity contribution in [2.24, 2.45) is 0 Å². The van der Waals surface area contributed by atoms with Gasteiger partial charge in [0.1, 0.15) is 0 Å². The van der Waals surface area contributed by atoms with E-state index in [4.69, 9.17) is 4.42 Å². The average molecular weight is 220 g/mol. The van der Waals surface area contributed by atoms with Crippen LogP contribution >= 0.6 is 0 Å². The van der Waals surface area contributed by atoms with Gasteiger partial charge in [0.15, 0.2) is 0 Å². The summed E-state index contributed by atoms with van der Waals surface area (Å²) in [5, 5.41) is 14.8. The van der Waals surface area contributed by atoms with Crippen LogP contribution in [0.15, 0.2) is 23.1 Å². The molecule has 0 aromatic carbocycles. The fraction of sp³-hybridized carbons (Fsp3) is 0.545. The van der Waals surface area contributed by atoms with Crippen molar-refractivity contribution in [1.29, 1.82) is 0 Å². The molecule has 16 heavy (non-hydrogen) atoms. The first-order valence-corrected chi connectivity index (χ1v) is 5.23. The molecule has 5 nitrogen and oxygen atoms in total. The Hall–Kier alpha value is -1.65. The number of hydrogen-bond acceptors (Lipinski definition) is 4. The second-order valence-corrected chi connectivity index (χ2v) is 4.96. The number of rotatable bonds is 3. The Morgan fingerprint density at radius 2 is 1.94 bits per heavy atom. The molecule has 2 heterocycles. The average Bonchev–Trinajstić information content (AvgIpc) is 2.91. The molecule has 0 bridgehead atoms. The second kappa shape index (κ2) is 3.43. The van der Waals surface area contributed by atoms with Crippen LogP contribution in [-0.2, 0) is 10.8 Å². The van der Waals surface area contributed by atoms with E-state index in [1.807, 2.05) is 6.07 Å². The maximum absolute atomic E-state index is 5.33. The molecule has 0 aliphatic carbocycles. The minimum Gasteiger partial charge on any atom is -0.427 e. The zero-order valence-corrected chi connectivity index (χ0v) is 9.98. The first-order chi connectivity index (χ1) is 7.46. The van der Waals surface area contributed by atoms with Gasteiger partial charge in [0.25, 0.3) is 0 Å². The highest BCUT2D eigenvalue weighted by atomic mass is 16.4. The SMILES string of the molecule is CC(C)(c1ccn[nH]1)C(C)(C)c1nnco1. The largest absolute Gasteiger partial charge is 0.427 e. The predicted octanol–water partition coefficient (Wildman–Crippen LogP) is 2.05. The molecule has 0 radical (unpaired) electrons. The Balaban J connectivity index is 2.44. The van der Waals surface area contributed by atoms with Crippen LogP contribution in [0.5, 0.6) is 0 Å². The summed E-state index contributed by atoms with van der Waals surface area (Å²) in [6.07, 6.45) is 3.11. The third-order valence-corrected chi connectivity index (χ3v) is 3.63. The fourth-order valence-corrected chi connectivity index (χ4v) is 1.65. The lowest BCUT2D eigenvalue weighted by Gasteiger charge is -2.37. The van der Waals surface area contributed by atoms with Crippen LogP contribution in [0, 0.1) is 0 Å². The second-order valence-electron chi connectivity index (χ2n) is 4.96. The Kier molecular flexibility index (Phi) is 2.33. The van der Waals surface area contributed by atoms with Crippen molar-refractivity contribution in [1.82, 2.24) is 20.4 Å². The molecule has 0 saturated heterocycles. The van der Waals surface area contributed by atoms with Crippen molar-refractivity contribution in [2.45, 2.75) is 38.5 Å². The van der Waals surface area contributed by atoms with Gasteiger partial charge in [-0.15, -0.1) is 10.2 Å². The van der Waals surface area contributed by atoms with Crippen LogP contribution in [0.1, 0.15) is 39.3 Å². The first-order valence-electron chi connectivity index (χ1n) is 5.23. The van der Waals surface area contributed by atoms with E-state index in [0.29, 0.717) is 5.89 Å². The Morgan fingerprint density at radius 3 is 2.44 bits per heavy atom. The normalized spacial score (nSPS) is 13.0. The van der Waals surface area contributed by atoms with E-state index in [0.717, 1.165) is 5.69 Å². The third-order valence-electron chi connectivity index (χ3n) is 3.63. The van der Waals surface area contributed by atoms with E-state index in [2.05, 4.69) is 48.1 Å². The number of hydrogen-bond donors (Lipinski definition) is 1. The maximum atomic E-state index is 5.33. The molecule has 0 fully saturated rings. The molecule has 0 atom stereocenters. The summed E-state index contributed by atoms with van der Waals surface area (Å²) < 4.78 is 5.33. The van der Waals surface area contributed by atoms with E-state index in [1.165, 1.54) is 6.39 Å². The van der Waals surface area contributed by atoms with Gasteiger partial charge in [-0.25, -0.2) is 0 Å². The van der Waals surface area contributed by atoms with Gasteiger partial charge in [0.2, 0.25) is 12.3 Å². The Labute approximate surface area is 94.3 Å². The van der Waals surface area contributed by atoms with Gasteiger partial charge in [-0.05, 0) is 6.07 Å². The molecule has 0 amide bonds. The van der Waals surface area contributed by atoms with Crippen molar-refractivity contribution in [3.8, 4) is 0 Å². The van der Waals surface area contributed by atoms with E-state index in [9.17, 15) is 0 Å². The molecule has 0 aliphatic heterocycles. The van der Waals surface area contributed by atoms with E-state index >= 15 is 0 Å². The quantitative estimate of drug-likeness (QED) is 0.859. The molecule has 5 heteroatoms. The summed E-state index contributed by atoms with van der Waals surface area (Å²) in [5.41, 5.74) is 0.613. The van der Waals surface area contributed by atoms with Crippen molar-refractivity contribution < 1.29 is 4.42 Å². The summed E-state index contributed by atoms with van der Waals surface area (Å²) >= 11 is 0. The van der Waals surface area contributed by atoms with Gasteiger partial charge in [-0.1, -0.05) is 27.7 Å². The van der Waals surface area contributed by atoms with Crippen LogP contribution in [0.4, 0.5) is 0 Å². The summed E-state index contributed by atoms with van der Waals surface area (Å²) in [6.45, 7) is 8.43. The number of aromatic amines is 1. The summed E-state index contributed by atoms with van der Waals surface area (Å²) in [4.78, 5) is 0. The molecule has 0 aliphatic rings. The topological polar surface area (TPSA) is 67.6 Å². The van der Waals surface area contributed by atoms with E-state index < -0.39 is 0 Å². The van der Waals surface area contributed by atoms with Crippen molar-refractivity contribution in [3.63, 3.8) is 0 Å². The number of nitrogens with one attached hydrogen (secondary N) is 1.